The molecule has 0 fully saturated rings. The Kier molecular flexibility index (Phi) is 4.41. The molecule has 0 saturated heterocycles. The Morgan fingerprint density at radius 2 is 2.00 bits per heavy atom. The zero-order valence-corrected chi connectivity index (χ0v) is 13.4. The topological polar surface area (TPSA) is 48.7 Å². The van der Waals surface area contributed by atoms with Crippen molar-refractivity contribution in [1.82, 2.24) is 4.98 Å². The molecule has 1 aromatic carbocycles. The van der Waals surface area contributed by atoms with Gasteiger partial charge < -0.3 is 5.32 Å². The van der Waals surface area contributed by atoms with Gasteiger partial charge in [0.15, 0.2) is 0 Å². The summed E-state index contributed by atoms with van der Waals surface area (Å²) in [6.45, 7) is 5.90. The van der Waals surface area contributed by atoms with Gasteiger partial charge in [0.2, 0.25) is 0 Å². The molecule has 0 aliphatic heterocycles. The average molecular weight is 330 g/mol. The van der Waals surface area contributed by atoms with Crippen LogP contribution >= 0.6 is 15.9 Å². The van der Waals surface area contributed by atoms with Crippen LogP contribution in [0.5, 0.6) is 0 Å². The van der Waals surface area contributed by atoms with Crippen molar-refractivity contribution in [2.45, 2.75) is 27.2 Å². The van der Waals surface area contributed by atoms with Gasteiger partial charge in [-0.1, -0.05) is 22.9 Å². The third kappa shape index (κ3) is 3.00. The largest absolute Gasteiger partial charge is 0.354 e. The second-order valence-corrected chi connectivity index (χ2v) is 5.58. The third-order valence-electron chi connectivity index (χ3n) is 3.16. The van der Waals surface area contributed by atoms with Crippen molar-refractivity contribution >= 4 is 27.3 Å². The molecular formula is C16H16BrN3. The fourth-order valence-electron chi connectivity index (χ4n) is 2.19. The number of hydrogen-bond acceptors (Lipinski definition) is 3. The fraction of sp³-hybridized carbons (Fsp3) is 0.250. The SMILES string of the molecule is CCc1cc(Br)ccc1Nc1cc(C)nc(C)c1C#N. The highest BCUT2D eigenvalue weighted by Crippen LogP contribution is 2.27. The maximum absolute atomic E-state index is 9.30. The quantitative estimate of drug-likeness (QED) is 0.892. The lowest BCUT2D eigenvalue weighted by Crippen LogP contribution is -2.01. The molecular weight excluding hydrogens is 314 g/mol. The van der Waals surface area contributed by atoms with Gasteiger partial charge in [0.25, 0.3) is 0 Å². The summed E-state index contributed by atoms with van der Waals surface area (Å²) in [5, 5.41) is 12.7. The number of halogens is 1. The maximum Gasteiger partial charge on any atom is 0.103 e. The van der Waals surface area contributed by atoms with E-state index in [4.69, 9.17) is 0 Å². The van der Waals surface area contributed by atoms with Crippen LogP contribution in [0.4, 0.5) is 11.4 Å². The van der Waals surface area contributed by atoms with E-state index in [1.54, 1.807) is 0 Å². The number of nitrogens with one attached hydrogen (secondary N) is 1. The summed E-state index contributed by atoms with van der Waals surface area (Å²) in [6, 6.07) is 10.2. The van der Waals surface area contributed by atoms with Gasteiger partial charge in [0.1, 0.15) is 6.07 Å². The first-order valence-corrected chi connectivity index (χ1v) is 7.28. The van der Waals surface area contributed by atoms with Crippen LogP contribution in [0.1, 0.15) is 29.4 Å². The van der Waals surface area contributed by atoms with Crippen LogP contribution in [-0.2, 0) is 6.42 Å². The Morgan fingerprint density at radius 3 is 2.65 bits per heavy atom. The predicted molar refractivity (Wildman–Crippen MR) is 85.2 cm³/mol. The predicted octanol–water partition coefficient (Wildman–Crippen LogP) is 4.64. The van der Waals surface area contributed by atoms with E-state index < -0.39 is 0 Å². The minimum Gasteiger partial charge on any atom is -0.354 e. The number of nitriles is 1. The van der Waals surface area contributed by atoms with E-state index in [2.05, 4.69) is 45.3 Å². The van der Waals surface area contributed by atoms with Gasteiger partial charge >= 0.3 is 0 Å². The summed E-state index contributed by atoms with van der Waals surface area (Å²) >= 11 is 3.48. The van der Waals surface area contributed by atoms with Crippen molar-refractivity contribution in [2.24, 2.45) is 0 Å². The molecule has 0 unspecified atom stereocenters. The Hall–Kier alpha value is -1.86. The van der Waals surface area contributed by atoms with E-state index in [0.717, 1.165) is 33.7 Å². The zero-order chi connectivity index (χ0) is 14.7. The molecule has 20 heavy (non-hydrogen) atoms. The first-order chi connectivity index (χ1) is 9.55. The molecule has 1 N–H and O–H groups in total. The van der Waals surface area contributed by atoms with E-state index in [9.17, 15) is 5.26 Å². The summed E-state index contributed by atoms with van der Waals surface area (Å²) in [5.74, 6) is 0. The standard InChI is InChI=1S/C16H16BrN3/c1-4-12-8-13(17)5-6-15(12)20-16-7-10(2)19-11(3)14(16)9-18/h5-8H,4H2,1-3H3,(H,19,20). The molecule has 3 nitrogen and oxygen atoms in total. The number of nitrogens with zero attached hydrogens (tertiary/aromatic N) is 2. The monoisotopic (exact) mass is 329 g/mol. The van der Waals surface area contributed by atoms with E-state index in [1.807, 2.05) is 32.0 Å². The van der Waals surface area contributed by atoms with E-state index in [-0.39, 0.29) is 0 Å². The second-order valence-electron chi connectivity index (χ2n) is 4.66. The molecule has 4 heteroatoms. The summed E-state index contributed by atoms with van der Waals surface area (Å²) < 4.78 is 1.06. The Balaban J connectivity index is 2.48. The summed E-state index contributed by atoms with van der Waals surface area (Å²) in [7, 11) is 0. The summed E-state index contributed by atoms with van der Waals surface area (Å²) in [5.41, 5.74) is 5.30. The number of hydrogen-bond donors (Lipinski definition) is 1. The molecule has 0 spiro atoms. The number of pyridine rings is 1. The van der Waals surface area contributed by atoms with Gasteiger partial charge in [-0.3, -0.25) is 4.98 Å². The van der Waals surface area contributed by atoms with Crippen molar-refractivity contribution in [3.63, 3.8) is 0 Å². The Morgan fingerprint density at radius 1 is 1.25 bits per heavy atom. The zero-order valence-electron chi connectivity index (χ0n) is 11.8. The molecule has 0 radical (unpaired) electrons. The number of aromatic nitrogens is 1. The van der Waals surface area contributed by atoms with Crippen LogP contribution in [0, 0.1) is 25.2 Å². The molecule has 0 atom stereocenters. The fourth-order valence-corrected chi connectivity index (χ4v) is 2.60. The van der Waals surface area contributed by atoms with Crippen LogP contribution in [0.2, 0.25) is 0 Å². The number of rotatable bonds is 3. The smallest absolute Gasteiger partial charge is 0.103 e. The minimum absolute atomic E-state index is 0.598. The molecule has 0 amide bonds. The maximum atomic E-state index is 9.30. The summed E-state index contributed by atoms with van der Waals surface area (Å²) in [4.78, 5) is 4.33. The van der Waals surface area contributed by atoms with Crippen molar-refractivity contribution in [3.05, 3.63) is 51.3 Å². The lowest BCUT2D eigenvalue weighted by Gasteiger charge is -2.14. The van der Waals surface area contributed by atoms with Crippen LogP contribution in [0.3, 0.4) is 0 Å². The van der Waals surface area contributed by atoms with Crippen LogP contribution in [-0.4, -0.2) is 4.98 Å². The van der Waals surface area contributed by atoms with Gasteiger partial charge in [-0.2, -0.15) is 5.26 Å². The highest BCUT2D eigenvalue weighted by atomic mass is 79.9. The van der Waals surface area contributed by atoms with Crippen molar-refractivity contribution in [2.75, 3.05) is 5.32 Å². The van der Waals surface area contributed by atoms with E-state index in [0.29, 0.717) is 5.56 Å². The van der Waals surface area contributed by atoms with Crippen molar-refractivity contribution in [3.8, 4) is 6.07 Å². The lowest BCUT2D eigenvalue weighted by molar-refractivity contribution is 1.10. The molecule has 0 bridgehead atoms. The molecule has 102 valence electrons. The molecule has 0 saturated carbocycles. The summed E-state index contributed by atoms with van der Waals surface area (Å²) in [6.07, 6.45) is 0.923. The van der Waals surface area contributed by atoms with Crippen LogP contribution < -0.4 is 5.32 Å². The third-order valence-corrected chi connectivity index (χ3v) is 3.65. The van der Waals surface area contributed by atoms with Gasteiger partial charge in [0.05, 0.1) is 16.9 Å². The Labute approximate surface area is 127 Å². The van der Waals surface area contributed by atoms with E-state index >= 15 is 0 Å². The number of aryl methyl sites for hydroxylation is 3. The molecule has 2 rings (SSSR count). The first-order valence-electron chi connectivity index (χ1n) is 6.49. The molecule has 2 aromatic rings. The Bertz CT molecular complexity index is 687. The molecule has 0 aliphatic carbocycles. The number of anilines is 2. The number of benzene rings is 1. The second kappa shape index (κ2) is 6.06. The highest BCUT2D eigenvalue weighted by molar-refractivity contribution is 9.10. The van der Waals surface area contributed by atoms with Gasteiger partial charge in [-0.05, 0) is 50.1 Å². The van der Waals surface area contributed by atoms with Crippen molar-refractivity contribution in [1.29, 1.82) is 5.26 Å². The molecule has 1 heterocycles. The van der Waals surface area contributed by atoms with Gasteiger partial charge in [-0.25, -0.2) is 0 Å². The van der Waals surface area contributed by atoms with Crippen molar-refractivity contribution < 1.29 is 0 Å². The van der Waals surface area contributed by atoms with Gasteiger partial charge in [-0.15, -0.1) is 0 Å². The van der Waals surface area contributed by atoms with Crippen LogP contribution in [0.25, 0.3) is 0 Å². The molecule has 0 aliphatic rings. The van der Waals surface area contributed by atoms with Crippen LogP contribution in [0.15, 0.2) is 28.7 Å². The normalized spacial score (nSPS) is 10.2. The highest BCUT2D eigenvalue weighted by Gasteiger charge is 2.10. The first kappa shape index (κ1) is 14.5. The average Bonchev–Trinajstić information content (AvgIpc) is 2.40. The molecule has 1 aromatic heterocycles. The lowest BCUT2D eigenvalue weighted by atomic mass is 10.1. The van der Waals surface area contributed by atoms with Gasteiger partial charge in [0, 0.05) is 15.9 Å². The minimum atomic E-state index is 0.598. The van der Waals surface area contributed by atoms with E-state index in [1.165, 1.54) is 5.56 Å².